The molecule has 3 rings (SSSR count). The Bertz CT molecular complexity index is 878. The van der Waals surface area contributed by atoms with Crippen molar-refractivity contribution in [3.63, 3.8) is 0 Å². The topological polar surface area (TPSA) is 73.9 Å². The van der Waals surface area contributed by atoms with Gasteiger partial charge in [0.05, 0.1) is 19.6 Å². The maximum absolute atomic E-state index is 12.1. The van der Waals surface area contributed by atoms with Crippen LogP contribution in [0.1, 0.15) is 37.0 Å². The Kier molecular flexibility index (Phi) is 7.11. The van der Waals surface area contributed by atoms with Crippen molar-refractivity contribution in [2.75, 3.05) is 25.1 Å². The van der Waals surface area contributed by atoms with E-state index in [1.807, 2.05) is 19.9 Å². The molecule has 1 aliphatic rings. The number of nitrogens with one attached hydrogen (secondary N) is 1. The first-order valence-corrected chi connectivity index (χ1v) is 10.0. The van der Waals surface area contributed by atoms with Crippen molar-refractivity contribution < 1.29 is 23.8 Å². The van der Waals surface area contributed by atoms with Crippen LogP contribution in [0.3, 0.4) is 0 Å². The quantitative estimate of drug-likeness (QED) is 0.653. The van der Waals surface area contributed by atoms with Crippen LogP contribution in [-0.2, 0) is 33.6 Å². The second-order valence-corrected chi connectivity index (χ2v) is 6.87. The van der Waals surface area contributed by atoms with Crippen molar-refractivity contribution in [2.24, 2.45) is 0 Å². The highest BCUT2D eigenvalue weighted by molar-refractivity contribution is 5.93. The summed E-state index contributed by atoms with van der Waals surface area (Å²) in [4.78, 5) is 24.2. The minimum atomic E-state index is -0.417. The number of fused-ring (bicyclic) bond motifs is 1. The van der Waals surface area contributed by atoms with E-state index in [0.717, 1.165) is 18.4 Å². The lowest BCUT2D eigenvalue weighted by atomic mass is 10.0. The van der Waals surface area contributed by atoms with E-state index in [1.54, 1.807) is 18.2 Å². The van der Waals surface area contributed by atoms with Gasteiger partial charge in [0.1, 0.15) is 0 Å². The number of rotatable bonds is 9. The number of carbonyl (C=O) groups excluding carboxylic acids is 2. The first-order chi connectivity index (χ1) is 14.1. The molecule has 29 heavy (non-hydrogen) atoms. The van der Waals surface area contributed by atoms with Crippen molar-refractivity contribution in [2.45, 2.75) is 39.5 Å². The molecule has 0 heterocycles. The highest BCUT2D eigenvalue weighted by Crippen LogP contribution is 2.30. The molecule has 6 heteroatoms. The molecule has 1 N–H and O–H groups in total. The molecule has 0 aliphatic heterocycles. The summed E-state index contributed by atoms with van der Waals surface area (Å²) in [5.41, 5.74) is 4.15. The van der Waals surface area contributed by atoms with E-state index in [0.29, 0.717) is 30.4 Å². The summed E-state index contributed by atoms with van der Waals surface area (Å²) in [5, 5.41) is 2.71. The summed E-state index contributed by atoms with van der Waals surface area (Å²) in [6.45, 7) is 4.44. The number of benzene rings is 2. The van der Waals surface area contributed by atoms with Gasteiger partial charge < -0.3 is 19.5 Å². The first-order valence-electron chi connectivity index (χ1n) is 10.0. The van der Waals surface area contributed by atoms with Gasteiger partial charge in [0, 0.05) is 11.8 Å². The zero-order chi connectivity index (χ0) is 20.6. The Balaban J connectivity index is 1.50. The van der Waals surface area contributed by atoms with Gasteiger partial charge >= 0.3 is 5.97 Å². The minimum absolute atomic E-state index is 0.165. The van der Waals surface area contributed by atoms with E-state index >= 15 is 0 Å². The Morgan fingerprint density at radius 3 is 2.48 bits per heavy atom. The fourth-order valence-electron chi connectivity index (χ4n) is 3.42. The van der Waals surface area contributed by atoms with Crippen LogP contribution in [0.4, 0.5) is 5.69 Å². The normalized spacial score (nSPS) is 12.2. The number of carbonyl (C=O) groups is 2. The van der Waals surface area contributed by atoms with Crippen molar-refractivity contribution in [3.8, 4) is 11.5 Å². The molecule has 154 valence electrons. The monoisotopic (exact) mass is 397 g/mol. The molecule has 0 atom stereocenters. The Morgan fingerprint density at radius 1 is 0.931 bits per heavy atom. The average molecular weight is 397 g/mol. The minimum Gasteiger partial charge on any atom is -0.490 e. The average Bonchev–Trinajstić information content (AvgIpc) is 3.16. The number of anilines is 1. The molecule has 6 nitrogen and oxygen atoms in total. The number of hydrogen-bond acceptors (Lipinski definition) is 5. The van der Waals surface area contributed by atoms with Crippen LogP contribution in [-0.4, -0.2) is 31.7 Å². The lowest BCUT2D eigenvalue weighted by Gasteiger charge is -2.13. The van der Waals surface area contributed by atoms with Gasteiger partial charge in [0.15, 0.2) is 18.1 Å². The zero-order valence-electron chi connectivity index (χ0n) is 17.0. The molecule has 0 radical (unpaired) electrons. The van der Waals surface area contributed by atoms with Crippen LogP contribution in [0.5, 0.6) is 11.5 Å². The van der Waals surface area contributed by atoms with Gasteiger partial charge in [-0.15, -0.1) is 0 Å². The summed E-state index contributed by atoms with van der Waals surface area (Å²) in [7, 11) is 0. The molecular formula is C23H27NO5. The third-order valence-corrected chi connectivity index (χ3v) is 4.70. The van der Waals surface area contributed by atoms with E-state index in [9.17, 15) is 9.59 Å². The first kappa shape index (κ1) is 20.7. The molecule has 0 saturated carbocycles. The fourth-order valence-corrected chi connectivity index (χ4v) is 3.42. The predicted molar refractivity (Wildman–Crippen MR) is 111 cm³/mol. The van der Waals surface area contributed by atoms with E-state index in [1.165, 1.54) is 17.5 Å². The predicted octanol–water partition coefficient (Wildman–Crippen LogP) is 3.70. The second kappa shape index (κ2) is 9.96. The summed E-state index contributed by atoms with van der Waals surface area (Å²) in [5.74, 6) is 0.354. The second-order valence-electron chi connectivity index (χ2n) is 6.87. The SMILES string of the molecule is CCOc1ccc(NC(=O)COC(=O)Cc2ccc3c(c2)CCC3)cc1OCC. The van der Waals surface area contributed by atoms with E-state index < -0.39 is 11.9 Å². The summed E-state index contributed by atoms with van der Waals surface area (Å²) >= 11 is 0. The van der Waals surface area contributed by atoms with Crippen LogP contribution in [0.25, 0.3) is 0 Å². The van der Waals surface area contributed by atoms with Crippen molar-refractivity contribution in [3.05, 3.63) is 53.1 Å². The third kappa shape index (κ3) is 5.73. The smallest absolute Gasteiger partial charge is 0.310 e. The van der Waals surface area contributed by atoms with E-state index in [4.69, 9.17) is 14.2 Å². The molecule has 0 bridgehead atoms. The van der Waals surface area contributed by atoms with Crippen LogP contribution in [0.15, 0.2) is 36.4 Å². The van der Waals surface area contributed by atoms with Gasteiger partial charge in [0.2, 0.25) is 0 Å². The summed E-state index contributed by atoms with van der Waals surface area (Å²) < 4.78 is 16.2. The molecule has 2 aromatic carbocycles. The van der Waals surface area contributed by atoms with E-state index in [2.05, 4.69) is 17.4 Å². The highest BCUT2D eigenvalue weighted by atomic mass is 16.5. The van der Waals surface area contributed by atoms with Gasteiger partial charge in [-0.2, -0.15) is 0 Å². The van der Waals surface area contributed by atoms with Gasteiger partial charge in [-0.1, -0.05) is 18.2 Å². The molecular weight excluding hydrogens is 370 g/mol. The number of ether oxygens (including phenoxy) is 3. The van der Waals surface area contributed by atoms with Crippen LogP contribution < -0.4 is 14.8 Å². The highest BCUT2D eigenvalue weighted by Gasteiger charge is 2.14. The summed E-state index contributed by atoms with van der Waals surface area (Å²) in [6.07, 6.45) is 3.50. The van der Waals surface area contributed by atoms with E-state index in [-0.39, 0.29) is 13.0 Å². The Morgan fingerprint density at radius 2 is 1.69 bits per heavy atom. The van der Waals surface area contributed by atoms with Gasteiger partial charge in [-0.3, -0.25) is 9.59 Å². The zero-order valence-corrected chi connectivity index (χ0v) is 17.0. The van der Waals surface area contributed by atoms with Crippen molar-refractivity contribution >= 4 is 17.6 Å². The molecule has 0 saturated heterocycles. The van der Waals surface area contributed by atoms with Crippen molar-refractivity contribution in [1.29, 1.82) is 0 Å². The van der Waals surface area contributed by atoms with Crippen LogP contribution >= 0.6 is 0 Å². The maximum atomic E-state index is 12.1. The molecule has 0 aromatic heterocycles. The number of amides is 1. The molecule has 0 spiro atoms. The van der Waals surface area contributed by atoms with Crippen LogP contribution in [0, 0.1) is 0 Å². The third-order valence-electron chi connectivity index (χ3n) is 4.70. The molecule has 0 unspecified atom stereocenters. The maximum Gasteiger partial charge on any atom is 0.310 e. The number of esters is 1. The van der Waals surface area contributed by atoms with Crippen molar-refractivity contribution in [1.82, 2.24) is 0 Å². The molecule has 1 aliphatic carbocycles. The standard InChI is InChI=1S/C23H27NO5/c1-3-27-20-11-10-19(14-21(20)28-4-2)24-22(25)15-29-23(26)13-16-8-9-17-6-5-7-18(17)12-16/h8-12,14H,3-7,13,15H2,1-2H3,(H,24,25). The van der Waals surface area contributed by atoms with Crippen LogP contribution in [0.2, 0.25) is 0 Å². The number of hydrogen-bond donors (Lipinski definition) is 1. The Labute approximate surface area is 171 Å². The van der Waals surface area contributed by atoms with Gasteiger partial charge in [-0.25, -0.2) is 0 Å². The Hall–Kier alpha value is -3.02. The molecule has 2 aromatic rings. The lowest BCUT2D eigenvalue weighted by Crippen LogP contribution is -2.21. The largest absolute Gasteiger partial charge is 0.490 e. The lowest BCUT2D eigenvalue weighted by molar-refractivity contribution is -0.146. The fraction of sp³-hybridized carbons (Fsp3) is 0.391. The summed E-state index contributed by atoms with van der Waals surface area (Å²) in [6, 6.07) is 11.3. The number of aryl methyl sites for hydroxylation is 2. The molecule has 1 amide bonds. The van der Waals surface area contributed by atoms with Gasteiger partial charge in [-0.05, 0) is 61.9 Å². The molecule has 0 fully saturated rings. The van der Waals surface area contributed by atoms with Gasteiger partial charge in [0.25, 0.3) is 5.91 Å².